The summed E-state index contributed by atoms with van der Waals surface area (Å²) in [7, 11) is 3.11. The van der Waals surface area contributed by atoms with Crippen LogP contribution in [0, 0.1) is 0 Å². The topological polar surface area (TPSA) is 121 Å². The molecule has 1 aromatic carbocycles. The van der Waals surface area contributed by atoms with E-state index in [-0.39, 0.29) is 12.7 Å². The Balaban J connectivity index is 1.29. The van der Waals surface area contributed by atoms with Crippen molar-refractivity contribution in [3.63, 3.8) is 0 Å². The summed E-state index contributed by atoms with van der Waals surface area (Å²) in [5.74, 6) is 0.677. The lowest BCUT2D eigenvalue weighted by atomic mass is 9.99. The quantitative estimate of drug-likeness (QED) is 0.154. The molecular formula is C33H37Cl2N5O5. The van der Waals surface area contributed by atoms with E-state index in [9.17, 15) is 9.59 Å². The van der Waals surface area contributed by atoms with E-state index in [0.717, 1.165) is 36.1 Å². The number of nitrogens with one attached hydrogen (secondary N) is 1. The predicted molar refractivity (Wildman–Crippen MR) is 175 cm³/mol. The van der Waals surface area contributed by atoms with Crippen LogP contribution in [-0.4, -0.2) is 45.9 Å². The molecule has 1 unspecified atom stereocenters. The molecule has 0 aliphatic heterocycles. The monoisotopic (exact) mass is 653 g/mol. The summed E-state index contributed by atoms with van der Waals surface area (Å²) in [4.78, 5) is 29.8. The van der Waals surface area contributed by atoms with Crippen molar-refractivity contribution in [2.75, 3.05) is 12.4 Å². The summed E-state index contributed by atoms with van der Waals surface area (Å²) < 4.78 is 18.8. The highest BCUT2D eigenvalue weighted by Gasteiger charge is 2.34. The number of benzene rings is 1. The summed E-state index contributed by atoms with van der Waals surface area (Å²) in [6.45, 7) is 4.28. The molecule has 2 heterocycles. The molecule has 2 aliphatic rings. The largest absolute Gasteiger partial charge is 0.465 e. The van der Waals surface area contributed by atoms with E-state index >= 15 is 0 Å². The number of halogens is 2. The van der Waals surface area contributed by atoms with Crippen LogP contribution >= 0.6 is 23.2 Å². The Morgan fingerprint density at radius 3 is 2.69 bits per heavy atom. The fourth-order valence-corrected chi connectivity index (χ4v) is 5.97. The second-order valence-electron chi connectivity index (χ2n) is 11.2. The van der Waals surface area contributed by atoms with Crippen molar-refractivity contribution in [3.8, 4) is 11.1 Å². The maximum Gasteiger partial charge on any atom is 0.345 e. The van der Waals surface area contributed by atoms with Crippen LogP contribution in [0.15, 0.2) is 56.2 Å². The lowest BCUT2D eigenvalue weighted by molar-refractivity contribution is 0.0419. The van der Waals surface area contributed by atoms with Gasteiger partial charge in [-0.25, -0.2) is 14.6 Å². The van der Waals surface area contributed by atoms with E-state index in [1.54, 1.807) is 42.3 Å². The second-order valence-corrected chi connectivity index (χ2v) is 12.0. The Morgan fingerprint density at radius 2 is 2.04 bits per heavy atom. The van der Waals surface area contributed by atoms with Gasteiger partial charge in [-0.15, -0.1) is 0 Å². The Bertz CT molecular complexity index is 1670. The number of carbonyl (C=O) groups is 2. The molecule has 1 N–H and O–H groups in total. The number of nitrogens with zero attached hydrogens (tertiary/aromatic N) is 4. The number of ether oxygens (including phenoxy) is 2. The number of hydrogen-bond donors (Lipinski definition) is 1. The summed E-state index contributed by atoms with van der Waals surface area (Å²) in [5.41, 5.74) is 5.11. The van der Waals surface area contributed by atoms with Gasteiger partial charge in [0.15, 0.2) is 0 Å². The molecule has 0 bridgehead atoms. The van der Waals surface area contributed by atoms with Gasteiger partial charge in [0.1, 0.15) is 11.5 Å². The van der Waals surface area contributed by atoms with Crippen molar-refractivity contribution in [2.24, 2.45) is 12.0 Å². The van der Waals surface area contributed by atoms with E-state index in [4.69, 9.17) is 37.2 Å². The number of aromatic nitrogens is 3. The highest BCUT2D eigenvalue weighted by molar-refractivity contribution is 6.42. The molecule has 5 rings (SSSR count). The van der Waals surface area contributed by atoms with E-state index in [1.807, 2.05) is 19.9 Å². The lowest BCUT2D eigenvalue weighted by Crippen LogP contribution is -2.19. The predicted octanol–water partition coefficient (Wildman–Crippen LogP) is 8.37. The smallest absolute Gasteiger partial charge is 0.345 e. The number of amides is 2. The maximum absolute atomic E-state index is 13.0. The molecule has 1 saturated carbocycles. The molecule has 10 nitrogen and oxygen atoms in total. The zero-order chi connectivity index (χ0) is 32.1. The molecular weight excluding hydrogens is 617 g/mol. The van der Waals surface area contributed by atoms with Gasteiger partial charge in [-0.1, -0.05) is 48.3 Å². The Kier molecular flexibility index (Phi) is 10.6. The third kappa shape index (κ3) is 7.74. The van der Waals surface area contributed by atoms with Crippen molar-refractivity contribution < 1.29 is 23.6 Å². The van der Waals surface area contributed by atoms with Crippen molar-refractivity contribution >= 4 is 52.2 Å². The van der Waals surface area contributed by atoms with Crippen molar-refractivity contribution in [1.29, 1.82) is 0 Å². The summed E-state index contributed by atoms with van der Waals surface area (Å²) in [6, 6.07) is 4.46. The van der Waals surface area contributed by atoms with E-state index in [0.29, 0.717) is 75.5 Å². The summed E-state index contributed by atoms with van der Waals surface area (Å²) in [6.07, 6.45) is 10.6. The highest BCUT2D eigenvalue weighted by atomic mass is 35.5. The number of aryl methyl sites for hydroxylation is 1. The highest BCUT2D eigenvalue weighted by Crippen LogP contribution is 2.46. The first-order chi connectivity index (χ1) is 21.7. The second kappa shape index (κ2) is 14.6. The molecule has 2 amide bonds. The van der Waals surface area contributed by atoms with Crippen LogP contribution in [0.5, 0.6) is 0 Å². The van der Waals surface area contributed by atoms with Crippen LogP contribution < -0.4 is 5.32 Å². The molecule has 2 aliphatic carbocycles. The van der Waals surface area contributed by atoms with Gasteiger partial charge >= 0.3 is 12.0 Å². The normalized spacial score (nSPS) is 16.0. The van der Waals surface area contributed by atoms with Gasteiger partial charge in [-0.05, 0) is 56.7 Å². The molecule has 3 aromatic rings. The maximum atomic E-state index is 13.0. The molecule has 0 saturated heterocycles. The van der Waals surface area contributed by atoms with Crippen LogP contribution in [0.3, 0.4) is 0 Å². The number of allylic oxidation sites excluding steroid dienone is 4. The van der Waals surface area contributed by atoms with Crippen LogP contribution in [0.1, 0.15) is 92.1 Å². The SMILES string of the molecule is CCC(CC(CC)OCc1c(C2=C(Cl)CCC=C2Cl)noc1C1CC1)=NC(=O)Nc1ccc(C(=O)OC)c(-c2cnn(C)c2)c1. The number of urea groups is 1. The molecule has 1 fully saturated rings. The zero-order valence-electron chi connectivity index (χ0n) is 25.9. The van der Waals surface area contributed by atoms with Crippen LogP contribution in [0.25, 0.3) is 16.7 Å². The van der Waals surface area contributed by atoms with Gasteiger partial charge in [0.05, 0.1) is 31.6 Å². The summed E-state index contributed by atoms with van der Waals surface area (Å²) in [5, 5.41) is 12.7. The number of anilines is 1. The fourth-order valence-electron chi connectivity index (χ4n) is 5.31. The van der Waals surface area contributed by atoms with Gasteiger partial charge in [0.2, 0.25) is 0 Å². The van der Waals surface area contributed by atoms with Gasteiger partial charge in [-0.3, -0.25) is 4.68 Å². The van der Waals surface area contributed by atoms with Crippen LogP contribution in [0.2, 0.25) is 0 Å². The molecule has 12 heteroatoms. The Morgan fingerprint density at radius 1 is 1.24 bits per heavy atom. The lowest BCUT2D eigenvalue weighted by Gasteiger charge is -2.18. The minimum absolute atomic E-state index is 0.190. The minimum Gasteiger partial charge on any atom is -0.465 e. The molecule has 238 valence electrons. The van der Waals surface area contributed by atoms with Crippen LogP contribution in [-0.2, 0) is 23.1 Å². The van der Waals surface area contributed by atoms with Crippen LogP contribution in [0.4, 0.5) is 10.5 Å². The van der Waals surface area contributed by atoms with Gasteiger partial charge in [0, 0.05) is 69.3 Å². The number of rotatable bonds is 12. The van der Waals surface area contributed by atoms with Gasteiger partial charge in [0.25, 0.3) is 0 Å². The first kappa shape index (κ1) is 32.7. The van der Waals surface area contributed by atoms with Crippen molar-refractivity contribution in [3.05, 3.63) is 69.3 Å². The van der Waals surface area contributed by atoms with Crippen molar-refractivity contribution in [1.82, 2.24) is 14.9 Å². The van der Waals surface area contributed by atoms with Gasteiger partial charge < -0.3 is 19.3 Å². The average molecular weight is 655 g/mol. The fraction of sp³-hybridized carbons (Fsp3) is 0.424. The van der Waals surface area contributed by atoms with E-state index < -0.39 is 12.0 Å². The molecule has 2 aromatic heterocycles. The number of methoxy groups -OCH3 is 1. The van der Waals surface area contributed by atoms with E-state index in [2.05, 4.69) is 20.6 Å². The number of hydrogen-bond acceptors (Lipinski definition) is 7. The molecule has 0 radical (unpaired) electrons. The Hall–Kier alpha value is -3.73. The first-order valence-corrected chi connectivity index (χ1v) is 15.9. The Labute approximate surface area is 272 Å². The third-order valence-corrected chi connectivity index (χ3v) is 8.66. The van der Waals surface area contributed by atoms with Gasteiger partial charge in [-0.2, -0.15) is 5.10 Å². The number of esters is 1. The van der Waals surface area contributed by atoms with E-state index in [1.165, 1.54) is 7.11 Å². The summed E-state index contributed by atoms with van der Waals surface area (Å²) >= 11 is 13.2. The number of aliphatic imine (C=N–C) groups is 1. The molecule has 45 heavy (non-hydrogen) atoms. The minimum atomic E-state index is -0.512. The molecule has 0 spiro atoms. The zero-order valence-corrected chi connectivity index (χ0v) is 27.4. The third-order valence-electron chi connectivity index (χ3n) is 7.94. The molecule has 1 atom stereocenters. The average Bonchev–Trinajstić information content (AvgIpc) is 3.65. The first-order valence-electron chi connectivity index (χ1n) is 15.2. The standard InChI is InChI=1S/C33H37Cl2N5O5/c1-5-21(37-33(42)38-22-12-13-24(32(41)43-4)25(15-22)20-16-36-40(3)17-20)14-23(6-2)44-18-26-30(39-45-31(26)19-10-11-19)29-27(34)8-7-9-28(29)35/h8,12-13,15-17,19,23H,5-7,9-11,14,18H2,1-4H3,(H,38,42). The van der Waals surface area contributed by atoms with Crippen molar-refractivity contribution in [2.45, 2.75) is 77.4 Å². The number of carbonyl (C=O) groups excluding carboxylic acids is 2.